The lowest BCUT2D eigenvalue weighted by atomic mass is 9.67. The van der Waals surface area contributed by atoms with Gasteiger partial charge in [-0.3, -0.25) is 0 Å². The summed E-state index contributed by atoms with van der Waals surface area (Å²) in [7, 11) is 0. The molecule has 0 bridgehead atoms. The van der Waals surface area contributed by atoms with E-state index in [2.05, 4.69) is 124 Å². The first kappa shape index (κ1) is 29.1. The monoisotopic (exact) mass is 478 g/mol. The van der Waals surface area contributed by atoms with Gasteiger partial charge in [-0.15, -0.1) is 0 Å². The molecular weight excluding hydrogens is 432 g/mol. The highest BCUT2D eigenvalue weighted by atomic mass is 14.4. The minimum atomic E-state index is -0.0524. The topological polar surface area (TPSA) is 0 Å². The second-order valence-electron chi connectivity index (χ2n) is 9.33. The van der Waals surface area contributed by atoms with Gasteiger partial charge >= 0.3 is 0 Å². The smallest absolute Gasteiger partial charge is 0.0243 e. The Morgan fingerprint density at radius 1 is 0.500 bits per heavy atom. The van der Waals surface area contributed by atoms with Gasteiger partial charge < -0.3 is 0 Å². The third-order valence-electron chi connectivity index (χ3n) is 6.64. The Balaban J connectivity index is 0.00000109. The van der Waals surface area contributed by atoms with Gasteiger partial charge in [-0.1, -0.05) is 148 Å². The van der Waals surface area contributed by atoms with Crippen molar-refractivity contribution in [2.45, 2.75) is 79.6 Å². The van der Waals surface area contributed by atoms with Crippen molar-refractivity contribution in [1.29, 1.82) is 0 Å². The Kier molecular flexibility index (Phi) is 12.2. The van der Waals surface area contributed by atoms with E-state index in [1.807, 2.05) is 27.7 Å². The van der Waals surface area contributed by atoms with Gasteiger partial charge in [0, 0.05) is 5.41 Å². The molecule has 0 fully saturated rings. The first-order valence-electron chi connectivity index (χ1n) is 13.8. The van der Waals surface area contributed by atoms with Crippen LogP contribution in [0.4, 0.5) is 0 Å². The lowest BCUT2D eigenvalue weighted by Gasteiger charge is -2.36. The van der Waals surface area contributed by atoms with E-state index in [1.54, 1.807) is 0 Å². The molecule has 0 aliphatic heterocycles. The maximum Gasteiger partial charge on any atom is 0.0243 e. The standard InChI is InChI=1S/C32H34.2C2H6/c1-25-11-7-16-28(21-25)17-10-20-32(24-29-14-5-4-6-15-29,30-18-8-12-26(2)22-30)31-19-9-13-27(3)23-31;2*1-2/h4-9,11-16,18-19,21-23H,10,17,20,24H2,1-3H3;2*1-2H3. The summed E-state index contributed by atoms with van der Waals surface area (Å²) in [6.07, 6.45) is 4.38. The maximum atomic E-state index is 2.40. The van der Waals surface area contributed by atoms with E-state index in [9.17, 15) is 0 Å². The summed E-state index contributed by atoms with van der Waals surface area (Å²) in [4.78, 5) is 0. The number of aryl methyl sites for hydroxylation is 4. The molecule has 0 aromatic heterocycles. The number of rotatable bonds is 8. The molecule has 0 saturated heterocycles. The molecule has 4 aromatic carbocycles. The average Bonchev–Trinajstić information content (AvgIpc) is 2.91. The van der Waals surface area contributed by atoms with Gasteiger partial charge in [0.05, 0.1) is 0 Å². The van der Waals surface area contributed by atoms with Crippen LogP contribution >= 0.6 is 0 Å². The second kappa shape index (κ2) is 15.1. The minimum Gasteiger partial charge on any atom is -0.0683 e. The molecule has 0 aliphatic rings. The molecule has 0 nitrogen and oxygen atoms in total. The molecule has 0 heteroatoms. The normalized spacial score (nSPS) is 10.5. The van der Waals surface area contributed by atoms with Crippen LogP contribution in [0.15, 0.2) is 103 Å². The van der Waals surface area contributed by atoms with Gasteiger partial charge in [-0.05, 0) is 68.7 Å². The highest BCUT2D eigenvalue weighted by Crippen LogP contribution is 2.41. The summed E-state index contributed by atoms with van der Waals surface area (Å²) in [5.74, 6) is 0. The summed E-state index contributed by atoms with van der Waals surface area (Å²) in [5, 5.41) is 0. The minimum absolute atomic E-state index is 0.0524. The van der Waals surface area contributed by atoms with Gasteiger partial charge in [0.25, 0.3) is 0 Å². The largest absolute Gasteiger partial charge is 0.0683 e. The fourth-order valence-corrected chi connectivity index (χ4v) is 5.04. The van der Waals surface area contributed by atoms with Crippen LogP contribution in [0.25, 0.3) is 0 Å². The zero-order valence-corrected chi connectivity index (χ0v) is 23.6. The van der Waals surface area contributed by atoms with E-state index in [0.29, 0.717) is 0 Å². The van der Waals surface area contributed by atoms with Crippen LogP contribution in [0.2, 0.25) is 0 Å². The Hall–Kier alpha value is -3.12. The summed E-state index contributed by atoms with van der Waals surface area (Å²) in [5.41, 5.74) is 9.63. The van der Waals surface area contributed by atoms with Crippen LogP contribution < -0.4 is 0 Å². The van der Waals surface area contributed by atoms with Gasteiger partial charge in [0.15, 0.2) is 0 Å². The highest BCUT2D eigenvalue weighted by Gasteiger charge is 2.34. The Bertz CT molecular complexity index is 1110. The van der Waals surface area contributed by atoms with E-state index < -0.39 is 0 Å². The summed E-state index contributed by atoms with van der Waals surface area (Å²) in [6.45, 7) is 14.6. The van der Waals surface area contributed by atoms with Gasteiger partial charge in [-0.2, -0.15) is 0 Å². The molecule has 0 N–H and O–H groups in total. The average molecular weight is 479 g/mol. The van der Waals surface area contributed by atoms with E-state index >= 15 is 0 Å². The zero-order valence-electron chi connectivity index (χ0n) is 23.6. The molecule has 0 heterocycles. The zero-order chi connectivity index (χ0) is 26.4. The van der Waals surface area contributed by atoms with Crippen LogP contribution in [0.3, 0.4) is 0 Å². The van der Waals surface area contributed by atoms with E-state index in [0.717, 1.165) is 25.7 Å². The maximum absolute atomic E-state index is 2.40. The molecule has 190 valence electrons. The summed E-state index contributed by atoms with van der Waals surface area (Å²) >= 11 is 0. The third-order valence-corrected chi connectivity index (χ3v) is 6.64. The third kappa shape index (κ3) is 7.95. The van der Waals surface area contributed by atoms with Crippen LogP contribution in [0.5, 0.6) is 0 Å². The first-order chi connectivity index (χ1) is 17.5. The van der Waals surface area contributed by atoms with Crippen molar-refractivity contribution < 1.29 is 0 Å². The van der Waals surface area contributed by atoms with Gasteiger partial charge in [-0.25, -0.2) is 0 Å². The van der Waals surface area contributed by atoms with Crippen molar-refractivity contribution in [3.63, 3.8) is 0 Å². The number of benzene rings is 4. The van der Waals surface area contributed by atoms with Crippen molar-refractivity contribution in [1.82, 2.24) is 0 Å². The molecule has 36 heavy (non-hydrogen) atoms. The lowest BCUT2D eigenvalue weighted by molar-refractivity contribution is 0.451. The Morgan fingerprint density at radius 3 is 1.47 bits per heavy atom. The van der Waals surface area contributed by atoms with E-state index in [1.165, 1.54) is 38.9 Å². The van der Waals surface area contributed by atoms with Crippen molar-refractivity contribution in [3.05, 3.63) is 142 Å². The fourth-order valence-electron chi connectivity index (χ4n) is 5.04. The van der Waals surface area contributed by atoms with Crippen LogP contribution in [0.1, 0.15) is 79.5 Å². The van der Waals surface area contributed by atoms with E-state index in [-0.39, 0.29) is 5.41 Å². The highest BCUT2D eigenvalue weighted by molar-refractivity contribution is 5.44. The molecule has 0 aliphatic carbocycles. The number of hydrogen-bond donors (Lipinski definition) is 0. The molecule has 0 amide bonds. The molecule has 4 rings (SSSR count). The van der Waals surface area contributed by atoms with Crippen LogP contribution in [0, 0.1) is 20.8 Å². The summed E-state index contributed by atoms with van der Waals surface area (Å²) in [6, 6.07) is 38.3. The molecule has 0 unspecified atom stereocenters. The molecule has 0 atom stereocenters. The second-order valence-corrected chi connectivity index (χ2v) is 9.33. The SMILES string of the molecule is CC.CC.Cc1cccc(CCCC(Cc2ccccc2)(c2cccc(C)c2)c2cccc(C)c2)c1. The Labute approximate surface area is 221 Å². The predicted molar refractivity (Wildman–Crippen MR) is 160 cm³/mol. The van der Waals surface area contributed by atoms with Crippen molar-refractivity contribution in [2.75, 3.05) is 0 Å². The fraction of sp³-hybridized carbons (Fsp3) is 0.333. The molecule has 0 radical (unpaired) electrons. The predicted octanol–water partition coefficient (Wildman–Crippen LogP) is 10.2. The Morgan fingerprint density at radius 2 is 0.972 bits per heavy atom. The van der Waals surface area contributed by atoms with Crippen LogP contribution in [-0.2, 0) is 18.3 Å². The molecule has 4 aromatic rings. The first-order valence-corrected chi connectivity index (χ1v) is 13.8. The van der Waals surface area contributed by atoms with E-state index in [4.69, 9.17) is 0 Å². The van der Waals surface area contributed by atoms with Crippen molar-refractivity contribution in [3.8, 4) is 0 Å². The molecule has 0 saturated carbocycles. The van der Waals surface area contributed by atoms with Crippen molar-refractivity contribution in [2.24, 2.45) is 0 Å². The molecular formula is C36H46. The van der Waals surface area contributed by atoms with Gasteiger partial charge in [0.2, 0.25) is 0 Å². The number of hydrogen-bond acceptors (Lipinski definition) is 0. The lowest BCUT2D eigenvalue weighted by Crippen LogP contribution is -2.31. The molecule has 0 spiro atoms. The van der Waals surface area contributed by atoms with Crippen LogP contribution in [-0.4, -0.2) is 0 Å². The van der Waals surface area contributed by atoms with Gasteiger partial charge in [0.1, 0.15) is 0 Å². The quantitative estimate of drug-likeness (QED) is 0.236. The summed E-state index contributed by atoms with van der Waals surface area (Å²) < 4.78 is 0. The van der Waals surface area contributed by atoms with Crippen molar-refractivity contribution >= 4 is 0 Å².